The number of aromatic amines is 1. The Morgan fingerprint density at radius 1 is 1.08 bits per heavy atom. The van der Waals surface area contributed by atoms with Gasteiger partial charge in [-0.15, -0.1) is 0 Å². The van der Waals surface area contributed by atoms with Crippen LogP contribution in [0.15, 0.2) is 48.6 Å². The number of aliphatic hydroxyl groups excluding tert-OH is 1. The predicted octanol–water partition coefficient (Wildman–Crippen LogP) is 3.38. The Kier molecular flexibility index (Phi) is 7.56. The number of benzene rings is 2. The number of hydrogen-bond acceptors (Lipinski definition) is 8. The van der Waals surface area contributed by atoms with E-state index in [0.717, 1.165) is 80.6 Å². The van der Waals surface area contributed by atoms with Crippen LogP contribution < -0.4 is 16.2 Å². The zero-order valence-electron chi connectivity index (χ0n) is 31.4. The summed E-state index contributed by atoms with van der Waals surface area (Å²) in [7, 11) is 1.97. The standard InChI is InChI=1S/C42H56N6O4/c1-6-39(51)22-26-21-38(4,33-28(13-17-47(23-26)24-39)27-11-8-9-12-31(27)44-33)29-20-30-32(19-25(29)3)46(5)35-41(30)15-18-48-16-10-14-40(7-2,34(41)48)36(49)42(35,52)37(50)45-43/h8-12,14,19-20,26,34-36,44,49,51-52H,6-7,13,15-18,21-24,43H2,1-5H3,(H,45,50)/t26-,34?,35?,36+,38+,39?,40+,41?,42-/m0/s1. The normalized spacial score (nSPS) is 40.7. The largest absolute Gasteiger partial charge is 0.389 e. The van der Waals surface area contributed by atoms with E-state index >= 15 is 0 Å². The van der Waals surface area contributed by atoms with Crippen molar-refractivity contribution in [1.29, 1.82) is 0 Å². The molecule has 278 valence electrons. The molecule has 1 aliphatic carbocycles. The van der Waals surface area contributed by atoms with E-state index in [1.165, 1.54) is 22.2 Å². The molecule has 10 heteroatoms. The molecule has 5 unspecified atom stereocenters. The Hall–Kier alpha value is -3.25. The number of hydrazine groups is 1. The molecule has 2 saturated heterocycles. The van der Waals surface area contributed by atoms with E-state index in [-0.39, 0.29) is 12.0 Å². The van der Waals surface area contributed by atoms with Crippen LogP contribution in [0.4, 0.5) is 5.69 Å². The van der Waals surface area contributed by atoms with Gasteiger partial charge in [-0.05, 0) is 99.2 Å². The average molecular weight is 709 g/mol. The van der Waals surface area contributed by atoms with Crippen molar-refractivity contribution in [3.05, 3.63) is 76.5 Å². The highest BCUT2D eigenvalue weighted by Crippen LogP contribution is 2.67. The molecule has 1 aromatic heterocycles. The van der Waals surface area contributed by atoms with Gasteiger partial charge in [-0.25, -0.2) is 5.84 Å². The average Bonchev–Trinajstić information content (AvgIpc) is 3.79. The molecule has 1 spiro atoms. The highest BCUT2D eigenvalue weighted by molar-refractivity contribution is 5.90. The van der Waals surface area contributed by atoms with Gasteiger partial charge in [-0.2, -0.15) is 0 Å². The Labute approximate surface area is 307 Å². The van der Waals surface area contributed by atoms with Crippen LogP contribution in [-0.4, -0.2) is 105 Å². The Morgan fingerprint density at radius 3 is 2.62 bits per heavy atom. The van der Waals surface area contributed by atoms with Crippen LogP contribution in [0.25, 0.3) is 10.9 Å². The molecule has 1 saturated carbocycles. The molecule has 2 aromatic carbocycles. The van der Waals surface area contributed by atoms with Gasteiger partial charge in [0.05, 0.1) is 11.6 Å². The Balaban J connectivity index is 1.30. The van der Waals surface area contributed by atoms with Gasteiger partial charge in [-0.3, -0.25) is 20.0 Å². The van der Waals surface area contributed by atoms with Crippen LogP contribution in [0.5, 0.6) is 0 Å². The number of likely N-dealkylation sites (N-methyl/N-ethyl adjacent to an activating group) is 1. The van der Waals surface area contributed by atoms with Crippen LogP contribution in [0.2, 0.25) is 0 Å². The smallest absolute Gasteiger partial charge is 0.270 e. The monoisotopic (exact) mass is 708 g/mol. The van der Waals surface area contributed by atoms with E-state index in [0.29, 0.717) is 13.0 Å². The molecule has 9 rings (SSSR count). The highest BCUT2D eigenvalue weighted by atomic mass is 16.4. The minimum absolute atomic E-state index is 0.122. The van der Waals surface area contributed by atoms with Gasteiger partial charge >= 0.3 is 0 Å². The molecule has 1 amide bonds. The number of fused-ring (bicyclic) bond motifs is 6. The second kappa shape index (κ2) is 11.4. The summed E-state index contributed by atoms with van der Waals surface area (Å²) in [6.45, 7) is 12.9. The van der Waals surface area contributed by atoms with Crippen molar-refractivity contribution in [3.8, 4) is 0 Å². The van der Waals surface area contributed by atoms with Gasteiger partial charge in [0.1, 0.15) is 6.10 Å². The van der Waals surface area contributed by atoms with E-state index in [2.05, 4.69) is 101 Å². The molecular weight excluding hydrogens is 653 g/mol. The van der Waals surface area contributed by atoms with Crippen LogP contribution in [0.1, 0.15) is 80.8 Å². The SMILES string of the molecule is CCC1(O)C[C@H]2CN(CCc3c([nH]c4ccccc34)[C@@](C)(c3cc4c(cc3C)N(C)C3C45CCN4CC=C[C@](CC)(C45)[C@@H](O)[C@]3(O)C(=O)NN)C2)C1. The van der Waals surface area contributed by atoms with Gasteiger partial charge in [0.25, 0.3) is 5.91 Å². The van der Waals surface area contributed by atoms with Crippen LogP contribution in [-0.2, 0) is 22.0 Å². The number of piperidine rings is 1. The molecule has 3 aromatic rings. The number of aryl methyl sites for hydroxylation is 1. The lowest BCUT2D eigenvalue weighted by Crippen LogP contribution is -2.82. The summed E-state index contributed by atoms with van der Waals surface area (Å²) in [5, 5.41) is 38.3. The number of aliphatic hydroxyl groups is 3. The summed E-state index contributed by atoms with van der Waals surface area (Å²) >= 11 is 0. The summed E-state index contributed by atoms with van der Waals surface area (Å²) < 4.78 is 0. The van der Waals surface area contributed by atoms with Crippen LogP contribution >= 0.6 is 0 Å². The van der Waals surface area contributed by atoms with Gasteiger partial charge in [-0.1, -0.05) is 50.3 Å². The van der Waals surface area contributed by atoms with Crippen molar-refractivity contribution < 1.29 is 20.1 Å². The van der Waals surface area contributed by atoms with Gasteiger partial charge in [0.15, 0.2) is 5.60 Å². The third kappa shape index (κ3) is 4.19. The first-order chi connectivity index (χ1) is 24.8. The number of anilines is 1. The second-order valence-corrected chi connectivity index (χ2v) is 17.6. The lowest BCUT2D eigenvalue weighted by atomic mass is 9.47. The zero-order valence-corrected chi connectivity index (χ0v) is 31.4. The first kappa shape index (κ1) is 34.5. The van der Waals surface area contributed by atoms with Gasteiger partial charge in [0, 0.05) is 77.8 Å². The number of carbonyl (C=O) groups is 1. The summed E-state index contributed by atoms with van der Waals surface area (Å²) in [5.41, 5.74) is 5.73. The van der Waals surface area contributed by atoms with Gasteiger partial charge in [0.2, 0.25) is 0 Å². The number of carbonyl (C=O) groups excluding carboxylic acids is 1. The summed E-state index contributed by atoms with van der Waals surface area (Å²) in [6.07, 6.45) is 7.39. The van der Waals surface area contributed by atoms with E-state index < -0.39 is 45.5 Å². The van der Waals surface area contributed by atoms with Crippen molar-refractivity contribution in [1.82, 2.24) is 20.2 Å². The van der Waals surface area contributed by atoms with E-state index in [9.17, 15) is 20.1 Å². The second-order valence-electron chi connectivity index (χ2n) is 17.6. The molecule has 52 heavy (non-hydrogen) atoms. The molecule has 7 N–H and O–H groups in total. The summed E-state index contributed by atoms with van der Waals surface area (Å²) in [5.74, 6) is 5.37. The molecular formula is C42H56N6O4. The third-order valence-corrected chi connectivity index (χ3v) is 15.2. The maximum Gasteiger partial charge on any atom is 0.270 e. The maximum absolute atomic E-state index is 13.9. The molecule has 0 radical (unpaired) electrons. The quantitative estimate of drug-likeness (QED) is 0.105. The van der Waals surface area contributed by atoms with E-state index in [1.807, 2.05) is 7.05 Å². The number of nitrogens with two attached hydrogens (primary N) is 1. The Bertz CT molecular complexity index is 2000. The fourth-order valence-corrected chi connectivity index (χ4v) is 13.1. The Morgan fingerprint density at radius 2 is 1.87 bits per heavy atom. The molecule has 10 nitrogen and oxygen atoms in total. The number of nitrogens with zero attached hydrogens (tertiary/aromatic N) is 3. The third-order valence-electron chi connectivity index (χ3n) is 15.2. The minimum Gasteiger partial charge on any atom is -0.389 e. The topological polar surface area (TPSA) is 141 Å². The fourth-order valence-electron chi connectivity index (χ4n) is 13.1. The van der Waals surface area contributed by atoms with Crippen LogP contribution in [0, 0.1) is 18.3 Å². The van der Waals surface area contributed by atoms with E-state index in [1.54, 1.807) is 0 Å². The van der Waals surface area contributed by atoms with Crippen molar-refractivity contribution in [2.45, 2.75) is 106 Å². The van der Waals surface area contributed by atoms with Gasteiger partial charge < -0.3 is 25.2 Å². The number of amides is 1. The van der Waals surface area contributed by atoms with Crippen LogP contribution in [0.3, 0.4) is 0 Å². The van der Waals surface area contributed by atoms with Crippen molar-refractivity contribution >= 4 is 22.5 Å². The molecule has 6 aliphatic rings. The number of para-hydroxylation sites is 1. The maximum atomic E-state index is 13.9. The summed E-state index contributed by atoms with van der Waals surface area (Å²) in [6, 6.07) is 12.5. The molecule has 5 aliphatic heterocycles. The van der Waals surface area contributed by atoms with E-state index in [4.69, 9.17) is 5.84 Å². The molecule has 10 atom stereocenters. The minimum atomic E-state index is -2.16. The zero-order chi connectivity index (χ0) is 36.6. The summed E-state index contributed by atoms with van der Waals surface area (Å²) in [4.78, 5) is 24.9. The lowest BCUT2D eigenvalue weighted by molar-refractivity contribution is -0.203. The number of rotatable bonds is 4. The van der Waals surface area contributed by atoms with Crippen molar-refractivity contribution in [2.75, 3.05) is 44.7 Å². The first-order valence-electron chi connectivity index (χ1n) is 19.6. The number of hydrogen-bond donors (Lipinski definition) is 6. The number of aromatic nitrogens is 1. The van der Waals surface area contributed by atoms with Crippen molar-refractivity contribution in [3.63, 3.8) is 0 Å². The van der Waals surface area contributed by atoms with Crippen molar-refractivity contribution in [2.24, 2.45) is 17.2 Å². The number of nitrogens with one attached hydrogen (secondary N) is 2. The number of H-pyrrole nitrogens is 1. The molecule has 2 bridgehead atoms. The molecule has 6 heterocycles. The predicted molar refractivity (Wildman–Crippen MR) is 203 cm³/mol. The fraction of sp³-hybridized carbons (Fsp3) is 0.595. The first-order valence-corrected chi connectivity index (χ1v) is 19.6. The molecule has 3 fully saturated rings. The lowest BCUT2D eigenvalue weighted by Gasteiger charge is -2.63. The highest BCUT2D eigenvalue weighted by Gasteiger charge is 2.78.